The van der Waals surface area contributed by atoms with Crippen LogP contribution in [0.25, 0.3) is 0 Å². The van der Waals surface area contributed by atoms with Crippen molar-refractivity contribution >= 4 is 35.1 Å². The first-order chi connectivity index (χ1) is 10.1. The molecule has 2 aliphatic rings. The summed E-state index contributed by atoms with van der Waals surface area (Å²) in [5, 5.41) is 0.684. The molecule has 6 heteroatoms. The number of rotatable bonds is 2. The summed E-state index contributed by atoms with van der Waals surface area (Å²) in [6.45, 7) is 5.58. The monoisotopic (exact) mass is 342 g/mol. The molecule has 0 spiro atoms. The van der Waals surface area contributed by atoms with Crippen LogP contribution in [0.5, 0.6) is 5.75 Å². The molecule has 1 aromatic carbocycles. The zero-order valence-corrected chi connectivity index (χ0v) is 14.0. The summed E-state index contributed by atoms with van der Waals surface area (Å²) in [5.41, 5.74) is -2.58. The summed E-state index contributed by atoms with van der Waals surface area (Å²) in [4.78, 5) is 24.9. The minimum atomic E-state index is -1.26. The van der Waals surface area contributed by atoms with Crippen molar-refractivity contribution in [2.75, 3.05) is 0 Å². The molecule has 0 aromatic heterocycles. The maximum absolute atomic E-state index is 12.7. The molecule has 1 saturated carbocycles. The molecular formula is C16H16Cl2O4. The fourth-order valence-corrected chi connectivity index (χ4v) is 3.89. The lowest BCUT2D eigenvalue weighted by Crippen LogP contribution is -2.50. The van der Waals surface area contributed by atoms with Crippen LogP contribution < -0.4 is 4.74 Å². The molecule has 2 bridgehead atoms. The highest BCUT2D eigenvalue weighted by molar-refractivity contribution is 6.35. The van der Waals surface area contributed by atoms with E-state index in [1.807, 2.05) is 20.8 Å². The van der Waals surface area contributed by atoms with E-state index in [9.17, 15) is 9.59 Å². The van der Waals surface area contributed by atoms with Crippen molar-refractivity contribution in [2.45, 2.75) is 39.2 Å². The maximum Gasteiger partial charge on any atom is 0.356 e. The lowest BCUT2D eigenvalue weighted by atomic mass is 9.66. The number of esters is 2. The van der Waals surface area contributed by atoms with Crippen molar-refractivity contribution in [3.63, 3.8) is 0 Å². The van der Waals surface area contributed by atoms with Gasteiger partial charge in [-0.3, -0.25) is 4.79 Å². The standard InChI is InChI=1S/C16H16Cl2O4/c1-14(2)15(3)6-7-16(14,22-12(15)19)13(20)21-11-5-4-9(17)8-10(11)18/h4-5,8H,6-7H2,1-3H3/t15-,16+/m1/s1. The van der Waals surface area contributed by atoms with E-state index >= 15 is 0 Å². The zero-order valence-electron chi connectivity index (χ0n) is 12.5. The second-order valence-corrected chi connectivity index (χ2v) is 7.48. The van der Waals surface area contributed by atoms with Crippen molar-refractivity contribution in [1.29, 1.82) is 0 Å². The fourth-order valence-electron chi connectivity index (χ4n) is 3.44. The molecule has 1 heterocycles. The van der Waals surface area contributed by atoms with Gasteiger partial charge in [0.15, 0.2) is 0 Å². The number of carbonyl (C=O) groups excluding carboxylic acids is 2. The third-order valence-electron chi connectivity index (χ3n) is 5.51. The van der Waals surface area contributed by atoms with Crippen molar-refractivity contribution in [3.8, 4) is 5.75 Å². The van der Waals surface area contributed by atoms with Crippen molar-refractivity contribution < 1.29 is 19.1 Å². The van der Waals surface area contributed by atoms with Crippen LogP contribution in [0.4, 0.5) is 0 Å². The SMILES string of the molecule is CC1(C)[C@@]2(C(=O)Oc3ccc(Cl)cc3Cl)CC[C@]1(C)C(=O)O2. The normalized spacial score (nSPS) is 32.0. The molecule has 0 amide bonds. The van der Waals surface area contributed by atoms with Gasteiger partial charge in [0.05, 0.1) is 10.4 Å². The summed E-state index contributed by atoms with van der Waals surface area (Å²) in [6.07, 6.45) is 1.05. The van der Waals surface area contributed by atoms with Gasteiger partial charge in [0.25, 0.3) is 0 Å². The average Bonchev–Trinajstić information content (AvgIpc) is 2.72. The second-order valence-electron chi connectivity index (χ2n) is 6.64. The van der Waals surface area contributed by atoms with E-state index in [0.29, 0.717) is 17.9 Å². The maximum atomic E-state index is 12.7. The van der Waals surface area contributed by atoms with Crippen LogP contribution >= 0.6 is 23.2 Å². The minimum absolute atomic E-state index is 0.206. The number of halogens is 2. The van der Waals surface area contributed by atoms with Gasteiger partial charge in [0, 0.05) is 10.4 Å². The van der Waals surface area contributed by atoms with Crippen LogP contribution in [0.2, 0.25) is 10.0 Å². The highest BCUT2D eigenvalue weighted by atomic mass is 35.5. The van der Waals surface area contributed by atoms with Crippen molar-refractivity contribution in [2.24, 2.45) is 10.8 Å². The summed E-state index contributed by atoms with van der Waals surface area (Å²) < 4.78 is 10.9. The number of carbonyl (C=O) groups is 2. The van der Waals surface area contributed by atoms with Gasteiger partial charge in [-0.15, -0.1) is 0 Å². The molecule has 3 rings (SSSR count). The highest BCUT2D eigenvalue weighted by Crippen LogP contribution is 2.65. The number of hydrogen-bond acceptors (Lipinski definition) is 4. The summed E-state index contributed by atoms with van der Waals surface area (Å²) >= 11 is 11.9. The third-order valence-corrected chi connectivity index (χ3v) is 6.04. The first-order valence-corrected chi connectivity index (χ1v) is 7.80. The number of ether oxygens (including phenoxy) is 2. The van der Waals surface area contributed by atoms with E-state index in [2.05, 4.69) is 0 Å². The van der Waals surface area contributed by atoms with Crippen LogP contribution in [0.3, 0.4) is 0 Å². The Bertz CT molecular complexity index is 685. The van der Waals surface area contributed by atoms with Crippen LogP contribution in [-0.4, -0.2) is 17.5 Å². The molecule has 1 aliphatic carbocycles. The van der Waals surface area contributed by atoms with Crippen molar-refractivity contribution in [1.82, 2.24) is 0 Å². The van der Waals surface area contributed by atoms with Crippen LogP contribution in [0.15, 0.2) is 18.2 Å². The Hall–Kier alpha value is -1.26. The minimum Gasteiger partial charge on any atom is -0.446 e. The number of fused-ring (bicyclic) bond motifs is 2. The molecule has 0 radical (unpaired) electrons. The summed E-state index contributed by atoms with van der Waals surface area (Å²) in [7, 11) is 0. The first-order valence-electron chi connectivity index (χ1n) is 7.05. The van der Waals surface area contributed by atoms with Gasteiger partial charge < -0.3 is 9.47 Å². The Morgan fingerprint density at radius 3 is 2.41 bits per heavy atom. The topological polar surface area (TPSA) is 52.6 Å². The van der Waals surface area contributed by atoms with Gasteiger partial charge in [0.1, 0.15) is 5.75 Å². The molecule has 0 N–H and O–H groups in total. The molecule has 2 atom stereocenters. The van der Waals surface area contributed by atoms with E-state index in [1.54, 1.807) is 6.07 Å². The Kier molecular flexibility index (Phi) is 3.28. The van der Waals surface area contributed by atoms with E-state index < -0.39 is 22.4 Å². The Labute approximate surface area is 138 Å². The van der Waals surface area contributed by atoms with E-state index in [1.165, 1.54) is 12.1 Å². The molecule has 1 aliphatic heterocycles. The molecule has 0 unspecified atom stereocenters. The largest absolute Gasteiger partial charge is 0.446 e. The molecule has 118 valence electrons. The van der Waals surface area contributed by atoms with Crippen LogP contribution in [0, 0.1) is 10.8 Å². The lowest BCUT2D eigenvalue weighted by molar-refractivity contribution is -0.176. The average molecular weight is 343 g/mol. The predicted molar refractivity (Wildman–Crippen MR) is 82.0 cm³/mol. The lowest BCUT2D eigenvalue weighted by Gasteiger charge is -2.34. The fraction of sp³-hybridized carbons (Fsp3) is 0.500. The quantitative estimate of drug-likeness (QED) is 0.601. The summed E-state index contributed by atoms with van der Waals surface area (Å²) in [5.74, 6) is -0.725. The van der Waals surface area contributed by atoms with Gasteiger partial charge >= 0.3 is 11.9 Å². The first kappa shape index (κ1) is 15.6. The smallest absolute Gasteiger partial charge is 0.356 e. The van der Waals surface area contributed by atoms with E-state index in [-0.39, 0.29) is 16.7 Å². The number of hydrogen-bond donors (Lipinski definition) is 0. The Morgan fingerprint density at radius 1 is 1.23 bits per heavy atom. The Balaban J connectivity index is 1.94. The van der Waals surface area contributed by atoms with Gasteiger partial charge in [-0.25, -0.2) is 4.79 Å². The summed E-state index contributed by atoms with van der Waals surface area (Å²) in [6, 6.07) is 4.60. The van der Waals surface area contributed by atoms with Crippen molar-refractivity contribution in [3.05, 3.63) is 28.2 Å². The third kappa shape index (κ3) is 1.77. The number of benzene rings is 1. The van der Waals surface area contributed by atoms with E-state index in [0.717, 1.165) is 0 Å². The van der Waals surface area contributed by atoms with Crippen LogP contribution in [0.1, 0.15) is 33.6 Å². The molecule has 1 aromatic rings. The van der Waals surface area contributed by atoms with Crippen LogP contribution in [-0.2, 0) is 14.3 Å². The highest BCUT2D eigenvalue weighted by Gasteiger charge is 2.76. The zero-order chi connectivity index (χ0) is 16.3. The molecule has 1 saturated heterocycles. The molecule has 22 heavy (non-hydrogen) atoms. The van der Waals surface area contributed by atoms with Gasteiger partial charge in [-0.1, -0.05) is 37.0 Å². The van der Waals surface area contributed by atoms with Gasteiger partial charge in [-0.2, -0.15) is 0 Å². The van der Waals surface area contributed by atoms with E-state index in [4.69, 9.17) is 32.7 Å². The van der Waals surface area contributed by atoms with Gasteiger partial charge in [0.2, 0.25) is 5.60 Å². The Morgan fingerprint density at radius 2 is 1.91 bits per heavy atom. The van der Waals surface area contributed by atoms with Gasteiger partial charge in [-0.05, 0) is 38.0 Å². The predicted octanol–water partition coefficient (Wildman–Crippen LogP) is 4.02. The second kappa shape index (κ2) is 4.62. The molecule has 2 fully saturated rings. The molecular weight excluding hydrogens is 327 g/mol. The molecule has 4 nitrogen and oxygen atoms in total.